The van der Waals surface area contributed by atoms with Gasteiger partial charge < -0.3 is 15.3 Å². The van der Waals surface area contributed by atoms with Crippen molar-refractivity contribution >= 4 is 5.91 Å². The lowest BCUT2D eigenvalue weighted by atomic mass is 10.0. The van der Waals surface area contributed by atoms with E-state index in [1.54, 1.807) is 12.1 Å². The number of nitrogens with one attached hydrogen (secondary N) is 1. The molecule has 0 aromatic heterocycles. The van der Waals surface area contributed by atoms with E-state index in [1.807, 2.05) is 24.8 Å². The molecule has 0 radical (unpaired) electrons. The molecular formula is C15H22N2O2. The largest absolute Gasteiger partial charge is 0.507 e. The van der Waals surface area contributed by atoms with Crippen LogP contribution in [-0.4, -0.2) is 41.6 Å². The van der Waals surface area contributed by atoms with Crippen LogP contribution in [-0.2, 0) is 0 Å². The third-order valence-corrected chi connectivity index (χ3v) is 3.70. The summed E-state index contributed by atoms with van der Waals surface area (Å²) in [6, 6.07) is 5.39. The van der Waals surface area contributed by atoms with E-state index in [0.29, 0.717) is 12.1 Å². The highest BCUT2D eigenvalue weighted by molar-refractivity contribution is 5.97. The van der Waals surface area contributed by atoms with Crippen LogP contribution in [0, 0.1) is 6.92 Å². The number of aryl methyl sites for hydroxylation is 1. The molecule has 1 heterocycles. The Kier molecular flexibility index (Phi) is 4.43. The van der Waals surface area contributed by atoms with Gasteiger partial charge in [-0.15, -0.1) is 0 Å². The number of hydrogen-bond acceptors (Lipinski definition) is 3. The summed E-state index contributed by atoms with van der Waals surface area (Å²) in [7, 11) is 0. The van der Waals surface area contributed by atoms with E-state index in [2.05, 4.69) is 5.32 Å². The topological polar surface area (TPSA) is 52.6 Å². The van der Waals surface area contributed by atoms with Gasteiger partial charge in [-0.05, 0) is 45.4 Å². The molecule has 2 rings (SSSR count). The highest BCUT2D eigenvalue weighted by Gasteiger charge is 2.26. The summed E-state index contributed by atoms with van der Waals surface area (Å²) in [6.45, 7) is 6.44. The van der Waals surface area contributed by atoms with Crippen LogP contribution in [0.25, 0.3) is 0 Å². The summed E-state index contributed by atoms with van der Waals surface area (Å²) in [5.74, 6) is -0.00443. The highest BCUT2D eigenvalue weighted by Crippen LogP contribution is 2.22. The minimum atomic E-state index is -0.0719. The first-order valence-corrected chi connectivity index (χ1v) is 6.94. The fraction of sp³-hybridized carbons (Fsp3) is 0.533. The highest BCUT2D eigenvalue weighted by atomic mass is 16.3. The van der Waals surface area contributed by atoms with Crippen molar-refractivity contribution < 1.29 is 9.90 Å². The number of hydrogen-bond donors (Lipinski definition) is 2. The third kappa shape index (κ3) is 3.07. The number of amides is 1. The monoisotopic (exact) mass is 262 g/mol. The van der Waals surface area contributed by atoms with Crippen molar-refractivity contribution in [3.63, 3.8) is 0 Å². The predicted octanol–water partition coefficient (Wildman–Crippen LogP) is 1.91. The molecule has 1 fully saturated rings. The zero-order chi connectivity index (χ0) is 13.8. The summed E-state index contributed by atoms with van der Waals surface area (Å²) in [5, 5.41) is 13.2. The lowest BCUT2D eigenvalue weighted by Crippen LogP contribution is -2.48. The number of aromatic hydroxyl groups is 1. The van der Waals surface area contributed by atoms with E-state index in [0.717, 1.165) is 31.5 Å². The number of likely N-dealkylation sites (N-methyl/N-ethyl adjacent to an activating group) is 1. The van der Waals surface area contributed by atoms with E-state index < -0.39 is 0 Å². The smallest absolute Gasteiger partial charge is 0.257 e. The second-order valence-corrected chi connectivity index (χ2v) is 5.11. The second-order valence-electron chi connectivity index (χ2n) is 5.11. The normalized spacial score (nSPS) is 19.2. The molecule has 0 saturated carbocycles. The van der Waals surface area contributed by atoms with Gasteiger partial charge in [0.2, 0.25) is 0 Å². The average Bonchev–Trinajstić information content (AvgIpc) is 2.43. The number of carbonyl (C=O) groups excluding carboxylic acids is 1. The summed E-state index contributed by atoms with van der Waals surface area (Å²) < 4.78 is 0. The van der Waals surface area contributed by atoms with Gasteiger partial charge in [0, 0.05) is 19.1 Å². The summed E-state index contributed by atoms with van der Waals surface area (Å²) >= 11 is 0. The molecule has 19 heavy (non-hydrogen) atoms. The Bertz CT molecular complexity index is 453. The first kappa shape index (κ1) is 13.9. The van der Waals surface area contributed by atoms with E-state index in [9.17, 15) is 9.90 Å². The van der Waals surface area contributed by atoms with Crippen molar-refractivity contribution in [3.05, 3.63) is 29.3 Å². The minimum Gasteiger partial charge on any atom is -0.507 e. The molecule has 2 N–H and O–H groups in total. The Morgan fingerprint density at radius 3 is 2.95 bits per heavy atom. The van der Waals surface area contributed by atoms with E-state index in [-0.39, 0.29) is 17.7 Å². The first-order chi connectivity index (χ1) is 9.13. The number of benzene rings is 1. The molecule has 0 aliphatic carbocycles. The van der Waals surface area contributed by atoms with Crippen LogP contribution in [0.15, 0.2) is 18.2 Å². The molecule has 104 valence electrons. The van der Waals surface area contributed by atoms with E-state index in [4.69, 9.17) is 0 Å². The van der Waals surface area contributed by atoms with Crippen LogP contribution in [0.1, 0.15) is 35.7 Å². The third-order valence-electron chi connectivity index (χ3n) is 3.70. The summed E-state index contributed by atoms with van der Waals surface area (Å²) in [5.41, 5.74) is 1.39. The van der Waals surface area contributed by atoms with Gasteiger partial charge in [-0.3, -0.25) is 4.79 Å². The van der Waals surface area contributed by atoms with Gasteiger partial charge in [-0.2, -0.15) is 0 Å². The lowest BCUT2D eigenvalue weighted by molar-refractivity contribution is 0.0659. The number of nitrogens with zero attached hydrogens (tertiary/aromatic N) is 1. The molecule has 1 amide bonds. The fourth-order valence-corrected chi connectivity index (χ4v) is 2.64. The maximum Gasteiger partial charge on any atom is 0.257 e. The van der Waals surface area contributed by atoms with Gasteiger partial charge in [0.15, 0.2) is 0 Å². The Morgan fingerprint density at radius 1 is 1.53 bits per heavy atom. The zero-order valence-electron chi connectivity index (χ0n) is 11.6. The van der Waals surface area contributed by atoms with Crippen LogP contribution >= 0.6 is 0 Å². The minimum absolute atomic E-state index is 0.0674. The van der Waals surface area contributed by atoms with Crippen molar-refractivity contribution in [2.75, 3.05) is 19.6 Å². The number of phenols is 1. The Balaban J connectivity index is 2.22. The lowest BCUT2D eigenvalue weighted by Gasteiger charge is -2.34. The number of rotatable bonds is 3. The Hall–Kier alpha value is -1.55. The van der Waals surface area contributed by atoms with Crippen molar-refractivity contribution in [2.45, 2.75) is 32.7 Å². The molecule has 1 aromatic carbocycles. The van der Waals surface area contributed by atoms with Crippen molar-refractivity contribution in [3.8, 4) is 5.75 Å². The standard InChI is InChI=1S/C15H22N2O2/c1-3-17(12-5-4-8-16-10-12)15(19)13-9-11(2)6-7-14(13)18/h6-7,9,12,16,18H,3-5,8,10H2,1-2H3. The number of carbonyl (C=O) groups is 1. The van der Waals surface area contributed by atoms with Gasteiger partial charge in [0.1, 0.15) is 5.75 Å². The van der Waals surface area contributed by atoms with Gasteiger partial charge in [0.25, 0.3) is 5.91 Å². The van der Waals surface area contributed by atoms with Crippen molar-refractivity contribution in [1.29, 1.82) is 0 Å². The summed E-state index contributed by atoms with van der Waals surface area (Å²) in [4.78, 5) is 14.4. The van der Waals surface area contributed by atoms with Crippen LogP contribution in [0.3, 0.4) is 0 Å². The molecule has 4 nitrogen and oxygen atoms in total. The molecule has 1 unspecified atom stereocenters. The molecule has 0 bridgehead atoms. The molecule has 1 saturated heterocycles. The quantitative estimate of drug-likeness (QED) is 0.875. The van der Waals surface area contributed by atoms with Crippen LogP contribution < -0.4 is 5.32 Å². The molecule has 4 heteroatoms. The van der Waals surface area contributed by atoms with Crippen molar-refractivity contribution in [2.24, 2.45) is 0 Å². The summed E-state index contributed by atoms with van der Waals surface area (Å²) in [6.07, 6.45) is 2.12. The van der Waals surface area contributed by atoms with Crippen LogP contribution in [0.2, 0.25) is 0 Å². The molecule has 1 aliphatic heterocycles. The first-order valence-electron chi connectivity index (χ1n) is 6.94. The van der Waals surface area contributed by atoms with Gasteiger partial charge in [-0.25, -0.2) is 0 Å². The second kappa shape index (κ2) is 6.06. The molecule has 1 atom stereocenters. The zero-order valence-corrected chi connectivity index (χ0v) is 11.6. The average molecular weight is 262 g/mol. The predicted molar refractivity (Wildman–Crippen MR) is 75.4 cm³/mol. The molecular weight excluding hydrogens is 240 g/mol. The van der Waals surface area contributed by atoms with E-state index >= 15 is 0 Å². The fourth-order valence-electron chi connectivity index (χ4n) is 2.64. The van der Waals surface area contributed by atoms with Crippen LogP contribution in [0.4, 0.5) is 0 Å². The SMILES string of the molecule is CCN(C(=O)c1cc(C)ccc1O)C1CCCNC1. The maximum absolute atomic E-state index is 12.6. The van der Waals surface area contributed by atoms with Gasteiger partial charge in [0.05, 0.1) is 5.56 Å². The molecule has 1 aliphatic rings. The molecule has 1 aromatic rings. The number of phenolic OH excluding ortho intramolecular Hbond substituents is 1. The maximum atomic E-state index is 12.6. The molecule has 0 spiro atoms. The number of piperidine rings is 1. The Labute approximate surface area is 114 Å². The van der Waals surface area contributed by atoms with E-state index in [1.165, 1.54) is 0 Å². The van der Waals surface area contributed by atoms with Crippen molar-refractivity contribution in [1.82, 2.24) is 10.2 Å². The van der Waals surface area contributed by atoms with Gasteiger partial charge in [-0.1, -0.05) is 11.6 Å². The van der Waals surface area contributed by atoms with Gasteiger partial charge >= 0.3 is 0 Å². The van der Waals surface area contributed by atoms with Crippen LogP contribution in [0.5, 0.6) is 5.75 Å². The Morgan fingerprint density at radius 2 is 2.32 bits per heavy atom.